The summed E-state index contributed by atoms with van der Waals surface area (Å²) >= 11 is 0. The minimum absolute atomic E-state index is 0.0884. The van der Waals surface area contributed by atoms with E-state index in [1.807, 2.05) is 0 Å². The van der Waals surface area contributed by atoms with Gasteiger partial charge in [-0.2, -0.15) is 5.10 Å². The van der Waals surface area contributed by atoms with Gasteiger partial charge < -0.3 is 14.2 Å². The van der Waals surface area contributed by atoms with Gasteiger partial charge in [0.25, 0.3) is 0 Å². The van der Waals surface area contributed by atoms with Crippen LogP contribution < -0.4 is 10.4 Å². The molecule has 0 N–H and O–H groups in total. The SMILES string of the molecule is Cc1cn(C)c(=O)n1-c1cc(OC2CN(C(=O)N3N=CCC3c3cc(F)cc(F)c3)C2)c(F)cn1. The van der Waals surface area contributed by atoms with Crippen LogP contribution in [0.15, 0.2) is 46.6 Å². The molecule has 3 aromatic rings. The molecule has 1 unspecified atom stereocenters. The van der Waals surface area contributed by atoms with Crippen molar-refractivity contribution < 1.29 is 22.7 Å². The number of urea groups is 1. The fraction of sp³-hybridized carbons (Fsp3) is 0.304. The van der Waals surface area contributed by atoms with E-state index < -0.39 is 35.6 Å². The van der Waals surface area contributed by atoms with Crippen LogP contribution in [0.2, 0.25) is 0 Å². The molecule has 0 aliphatic carbocycles. The van der Waals surface area contributed by atoms with Crippen molar-refractivity contribution in [1.82, 2.24) is 24.0 Å². The van der Waals surface area contributed by atoms with Crippen molar-refractivity contribution in [1.29, 1.82) is 0 Å². The molecule has 0 saturated carbocycles. The highest BCUT2D eigenvalue weighted by Crippen LogP contribution is 2.32. The zero-order valence-electron chi connectivity index (χ0n) is 18.9. The maximum absolute atomic E-state index is 14.4. The number of amides is 2. The van der Waals surface area contributed by atoms with E-state index in [9.17, 15) is 22.8 Å². The molecule has 5 rings (SSSR count). The summed E-state index contributed by atoms with van der Waals surface area (Å²) in [5.74, 6) is -2.03. The van der Waals surface area contributed by atoms with E-state index in [1.54, 1.807) is 20.2 Å². The molecule has 0 spiro atoms. The molecule has 2 aliphatic rings. The third-order valence-corrected chi connectivity index (χ3v) is 5.97. The van der Waals surface area contributed by atoms with Gasteiger partial charge in [0.2, 0.25) is 0 Å². The number of carbonyl (C=O) groups excluding carboxylic acids is 1. The lowest BCUT2D eigenvalue weighted by Gasteiger charge is -2.41. The van der Waals surface area contributed by atoms with E-state index in [1.165, 1.54) is 43.5 Å². The van der Waals surface area contributed by atoms with E-state index in [4.69, 9.17) is 4.74 Å². The molecule has 1 fully saturated rings. The van der Waals surface area contributed by atoms with Gasteiger partial charge in [0, 0.05) is 43.7 Å². The number of rotatable bonds is 4. The molecule has 9 nitrogen and oxygen atoms in total. The van der Waals surface area contributed by atoms with Crippen LogP contribution in [0, 0.1) is 24.4 Å². The molecule has 1 atom stereocenters. The van der Waals surface area contributed by atoms with Gasteiger partial charge in [-0.3, -0.25) is 0 Å². The van der Waals surface area contributed by atoms with Gasteiger partial charge in [-0.15, -0.1) is 0 Å². The summed E-state index contributed by atoms with van der Waals surface area (Å²) in [6, 6.07) is 3.38. The molecular formula is C23H21F3N6O3. The van der Waals surface area contributed by atoms with Gasteiger partial charge in [-0.25, -0.2) is 37.3 Å². The van der Waals surface area contributed by atoms with Gasteiger partial charge in [0.15, 0.2) is 11.6 Å². The van der Waals surface area contributed by atoms with Crippen molar-refractivity contribution in [3.05, 3.63) is 75.9 Å². The highest BCUT2D eigenvalue weighted by atomic mass is 19.1. The predicted molar refractivity (Wildman–Crippen MR) is 119 cm³/mol. The Kier molecular flexibility index (Phi) is 5.58. The Hall–Kier alpha value is -4.09. The Morgan fingerprint density at radius 1 is 1.11 bits per heavy atom. The molecule has 2 amide bonds. The van der Waals surface area contributed by atoms with Crippen LogP contribution in [0.25, 0.3) is 5.82 Å². The molecular weight excluding hydrogens is 465 g/mol. The molecule has 0 bridgehead atoms. The number of carbonyl (C=O) groups is 1. The average molecular weight is 486 g/mol. The molecule has 0 radical (unpaired) electrons. The van der Waals surface area contributed by atoms with Crippen molar-refractivity contribution in [2.75, 3.05) is 13.1 Å². The third-order valence-electron chi connectivity index (χ3n) is 5.97. The quantitative estimate of drug-likeness (QED) is 0.568. The first-order valence-electron chi connectivity index (χ1n) is 10.9. The van der Waals surface area contributed by atoms with Crippen LogP contribution in [0.5, 0.6) is 5.75 Å². The van der Waals surface area contributed by atoms with Crippen LogP contribution >= 0.6 is 0 Å². The largest absolute Gasteiger partial charge is 0.483 e. The number of benzene rings is 1. The van der Waals surface area contributed by atoms with Crippen molar-refractivity contribution in [3.63, 3.8) is 0 Å². The second kappa shape index (κ2) is 8.60. The third kappa shape index (κ3) is 4.15. The summed E-state index contributed by atoms with van der Waals surface area (Å²) < 4.78 is 50.1. The normalized spacial score (nSPS) is 17.7. The predicted octanol–water partition coefficient (Wildman–Crippen LogP) is 2.91. The highest BCUT2D eigenvalue weighted by Gasteiger charge is 2.39. The molecule has 1 saturated heterocycles. The summed E-state index contributed by atoms with van der Waals surface area (Å²) in [5, 5.41) is 5.25. The van der Waals surface area contributed by atoms with Crippen LogP contribution in [-0.4, -0.2) is 55.5 Å². The Morgan fingerprint density at radius 3 is 2.49 bits per heavy atom. The molecule has 2 aliphatic heterocycles. The zero-order chi connectivity index (χ0) is 24.9. The van der Waals surface area contributed by atoms with Crippen molar-refractivity contribution in [2.24, 2.45) is 12.1 Å². The smallest absolute Gasteiger partial charge is 0.341 e. The number of aryl methyl sites for hydroxylation is 2. The van der Waals surface area contributed by atoms with Gasteiger partial charge in [-0.05, 0) is 24.6 Å². The zero-order valence-corrected chi connectivity index (χ0v) is 18.9. The lowest BCUT2D eigenvalue weighted by molar-refractivity contribution is 0.0256. The second-order valence-corrected chi connectivity index (χ2v) is 8.50. The minimum Gasteiger partial charge on any atom is -0.483 e. The first-order chi connectivity index (χ1) is 16.7. The summed E-state index contributed by atoms with van der Waals surface area (Å²) in [7, 11) is 1.60. The van der Waals surface area contributed by atoms with Crippen molar-refractivity contribution in [3.8, 4) is 11.6 Å². The first-order valence-corrected chi connectivity index (χ1v) is 10.9. The van der Waals surface area contributed by atoms with Crippen LogP contribution in [0.1, 0.15) is 23.7 Å². The number of halogens is 3. The average Bonchev–Trinajstić information content (AvgIpc) is 3.35. The fourth-order valence-corrected chi connectivity index (χ4v) is 4.24. The van der Waals surface area contributed by atoms with Gasteiger partial charge in [0.05, 0.1) is 25.3 Å². The second-order valence-electron chi connectivity index (χ2n) is 8.50. The first kappa shape index (κ1) is 22.7. The lowest BCUT2D eigenvalue weighted by atomic mass is 10.0. The van der Waals surface area contributed by atoms with Crippen molar-refractivity contribution in [2.45, 2.75) is 25.5 Å². The van der Waals surface area contributed by atoms with Gasteiger partial charge in [-0.1, -0.05) is 0 Å². The van der Waals surface area contributed by atoms with E-state index in [0.717, 1.165) is 12.3 Å². The molecule has 12 heteroatoms. The monoisotopic (exact) mass is 486 g/mol. The van der Waals surface area contributed by atoms with Crippen LogP contribution in [-0.2, 0) is 7.05 Å². The number of likely N-dealkylation sites (tertiary alicyclic amines) is 1. The van der Waals surface area contributed by atoms with E-state index in [0.29, 0.717) is 17.7 Å². The summed E-state index contributed by atoms with van der Waals surface area (Å²) in [5.41, 5.74) is 0.605. The van der Waals surface area contributed by atoms with E-state index in [2.05, 4.69) is 10.1 Å². The van der Waals surface area contributed by atoms with E-state index >= 15 is 0 Å². The number of hydrazone groups is 1. The number of imidazole rings is 1. The molecule has 2 aromatic heterocycles. The Labute approximate surface area is 197 Å². The number of aromatic nitrogens is 3. The highest BCUT2D eigenvalue weighted by molar-refractivity contribution is 5.79. The summed E-state index contributed by atoms with van der Waals surface area (Å²) in [6.07, 6.45) is 3.96. The Balaban J connectivity index is 1.26. The number of hydrogen-bond acceptors (Lipinski definition) is 5. The standard InChI is InChI=1S/C23H21F3N6O3/c1-13-10-29(2)22(33)31(13)21-8-20(18(26)9-27-21)35-17-11-30(12-17)23(34)32-19(3-4-28-32)14-5-15(24)7-16(25)6-14/h4-10,17,19H,3,11-12H2,1-2H3. The lowest BCUT2D eigenvalue weighted by Crippen LogP contribution is -2.58. The van der Waals surface area contributed by atoms with E-state index in [-0.39, 0.29) is 30.3 Å². The number of ether oxygens (including phenoxy) is 1. The molecule has 4 heterocycles. The fourth-order valence-electron chi connectivity index (χ4n) is 4.24. The van der Waals surface area contributed by atoms with Crippen LogP contribution in [0.3, 0.4) is 0 Å². The number of nitrogens with zero attached hydrogens (tertiary/aromatic N) is 6. The molecule has 35 heavy (non-hydrogen) atoms. The maximum atomic E-state index is 14.4. The summed E-state index contributed by atoms with van der Waals surface area (Å²) in [6.45, 7) is 2.06. The van der Waals surface area contributed by atoms with Crippen LogP contribution in [0.4, 0.5) is 18.0 Å². The van der Waals surface area contributed by atoms with Gasteiger partial charge in [0.1, 0.15) is 23.6 Å². The topological polar surface area (TPSA) is 85.0 Å². The Bertz CT molecular complexity index is 1380. The van der Waals surface area contributed by atoms with Crippen molar-refractivity contribution >= 4 is 12.2 Å². The van der Waals surface area contributed by atoms with Gasteiger partial charge >= 0.3 is 11.7 Å². The number of hydrogen-bond donors (Lipinski definition) is 0. The molecule has 1 aromatic carbocycles. The summed E-state index contributed by atoms with van der Waals surface area (Å²) in [4.78, 5) is 30.7. The Morgan fingerprint density at radius 2 is 1.83 bits per heavy atom. The maximum Gasteiger partial charge on any atom is 0.341 e. The minimum atomic E-state index is -0.733. The number of pyridine rings is 1. The molecule has 182 valence electrons.